The summed E-state index contributed by atoms with van der Waals surface area (Å²) in [7, 11) is 0. The number of carbonyl (C=O) groups excluding carboxylic acids is 1. The molecule has 0 amide bonds. The quantitative estimate of drug-likeness (QED) is 0.737. The highest BCUT2D eigenvalue weighted by molar-refractivity contribution is 5.85. The standard InChI is InChI=1S/C10H19NO2.ClH/c1-2-10(12)13-8-6-9-5-3-4-7-11-9;/h9,11H,2-8H2,1H3;1H. The number of nitrogens with one attached hydrogen (secondary N) is 1. The highest BCUT2D eigenvalue weighted by atomic mass is 35.5. The predicted octanol–water partition coefficient (Wildman–Crippen LogP) is 1.89. The summed E-state index contributed by atoms with van der Waals surface area (Å²) in [6, 6.07) is 0.568. The third-order valence-electron chi connectivity index (χ3n) is 2.43. The first-order valence-electron chi connectivity index (χ1n) is 5.22. The molecule has 1 heterocycles. The van der Waals surface area contributed by atoms with Gasteiger partial charge in [-0.1, -0.05) is 13.3 Å². The molecule has 84 valence electrons. The first-order valence-corrected chi connectivity index (χ1v) is 5.22. The van der Waals surface area contributed by atoms with Crippen LogP contribution in [0.2, 0.25) is 0 Å². The summed E-state index contributed by atoms with van der Waals surface area (Å²) in [4.78, 5) is 10.8. The molecule has 4 heteroatoms. The summed E-state index contributed by atoms with van der Waals surface area (Å²) in [6.07, 6.45) is 5.26. The molecule has 0 bridgehead atoms. The second kappa shape index (κ2) is 8.06. The van der Waals surface area contributed by atoms with Crippen molar-refractivity contribution in [2.24, 2.45) is 0 Å². The summed E-state index contributed by atoms with van der Waals surface area (Å²) in [5, 5.41) is 3.42. The molecule has 3 nitrogen and oxygen atoms in total. The van der Waals surface area contributed by atoms with Crippen molar-refractivity contribution in [2.75, 3.05) is 13.2 Å². The van der Waals surface area contributed by atoms with Crippen LogP contribution in [0.15, 0.2) is 0 Å². The van der Waals surface area contributed by atoms with Gasteiger partial charge in [0, 0.05) is 12.5 Å². The molecule has 0 aromatic heterocycles. The Labute approximate surface area is 92.0 Å². The lowest BCUT2D eigenvalue weighted by atomic mass is 10.0. The fourth-order valence-electron chi connectivity index (χ4n) is 1.59. The van der Waals surface area contributed by atoms with Crippen LogP contribution in [0.5, 0.6) is 0 Å². The number of halogens is 1. The maximum Gasteiger partial charge on any atom is 0.305 e. The fraction of sp³-hybridized carbons (Fsp3) is 0.900. The van der Waals surface area contributed by atoms with Crippen LogP contribution in [0.3, 0.4) is 0 Å². The molecule has 0 radical (unpaired) electrons. The molecule has 1 rings (SSSR count). The molecule has 0 aliphatic carbocycles. The minimum absolute atomic E-state index is 0. The summed E-state index contributed by atoms with van der Waals surface area (Å²) in [6.45, 7) is 3.51. The Morgan fingerprint density at radius 3 is 2.86 bits per heavy atom. The summed E-state index contributed by atoms with van der Waals surface area (Å²) < 4.78 is 5.01. The van der Waals surface area contributed by atoms with Gasteiger partial charge in [0.05, 0.1) is 6.61 Å². The molecular weight excluding hydrogens is 202 g/mol. The molecule has 0 spiro atoms. The van der Waals surface area contributed by atoms with Gasteiger partial charge in [0.2, 0.25) is 0 Å². The number of carbonyl (C=O) groups is 1. The van der Waals surface area contributed by atoms with Crippen LogP contribution in [-0.4, -0.2) is 25.2 Å². The molecule has 1 fully saturated rings. The lowest BCUT2D eigenvalue weighted by Gasteiger charge is -2.22. The average molecular weight is 222 g/mol. The molecule has 1 atom stereocenters. The number of rotatable bonds is 4. The van der Waals surface area contributed by atoms with Crippen molar-refractivity contribution in [1.82, 2.24) is 5.32 Å². The van der Waals surface area contributed by atoms with E-state index in [-0.39, 0.29) is 18.4 Å². The van der Waals surface area contributed by atoms with Crippen molar-refractivity contribution in [2.45, 2.75) is 45.1 Å². The van der Waals surface area contributed by atoms with E-state index >= 15 is 0 Å². The van der Waals surface area contributed by atoms with Crippen molar-refractivity contribution >= 4 is 18.4 Å². The van der Waals surface area contributed by atoms with E-state index in [1.807, 2.05) is 6.92 Å². The van der Waals surface area contributed by atoms with Gasteiger partial charge < -0.3 is 10.1 Å². The van der Waals surface area contributed by atoms with Gasteiger partial charge >= 0.3 is 5.97 Å². The van der Waals surface area contributed by atoms with E-state index in [1.165, 1.54) is 19.3 Å². The highest BCUT2D eigenvalue weighted by Gasteiger charge is 2.12. The van der Waals surface area contributed by atoms with Gasteiger partial charge in [0.25, 0.3) is 0 Å². The van der Waals surface area contributed by atoms with Crippen LogP contribution in [0.4, 0.5) is 0 Å². The van der Waals surface area contributed by atoms with E-state index in [4.69, 9.17) is 4.74 Å². The zero-order valence-electron chi connectivity index (χ0n) is 8.75. The van der Waals surface area contributed by atoms with E-state index in [1.54, 1.807) is 0 Å². The topological polar surface area (TPSA) is 38.3 Å². The van der Waals surface area contributed by atoms with Crippen LogP contribution in [0.1, 0.15) is 39.0 Å². The van der Waals surface area contributed by atoms with Gasteiger partial charge in [-0.25, -0.2) is 0 Å². The van der Waals surface area contributed by atoms with E-state index in [2.05, 4.69) is 5.32 Å². The van der Waals surface area contributed by atoms with Gasteiger partial charge in [-0.3, -0.25) is 4.79 Å². The lowest BCUT2D eigenvalue weighted by molar-refractivity contribution is -0.143. The van der Waals surface area contributed by atoms with Gasteiger partial charge in [-0.05, 0) is 25.8 Å². The van der Waals surface area contributed by atoms with Crippen molar-refractivity contribution in [1.29, 1.82) is 0 Å². The monoisotopic (exact) mass is 221 g/mol. The van der Waals surface area contributed by atoms with Crippen molar-refractivity contribution in [3.05, 3.63) is 0 Å². The lowest BCUT2D eigenvalue weighted by Crippen LogP contribution is -2.34. The number of piperidine rings is 1. The second-order valence-electron chi connectivity index (χ2n) is 3.51. The average Bonchev–Trinajstić information content (AvgIpc) is 2.19. The zero-order chi connectivity index (χ0) is 9.52. The molecule has 14 heavy (non-hydrogen) atoms. The molecule has 0 aromatic carbocycles. The van der Waals surface area contributed by atoms with Gasteiger partial charge in [-0.2, -0.15) is 0 Å². The first kappa shape index (κ1) is 13.7. The van der Waals surface area contributed by atoms with Crippen LogP contribution in [0.25, 0.3) is 0 Å². The van der Waals surface area contributed by atoms with Crippen LogP contribution in [-0.2, 0) is 9.53 Å². The molecule has 1 N–H and O–H groups in total. The Morgan fingerprint density at radius 1 is 1.50 bits per heavy atom. The summed E-state index contributed by atoms with van der Waals surface area (Å²) in [5.41, 5.74) is 0. The number of esters is 1. The van der Waals surface area contributed by atoms with E-state index < -0.39 is 0 Å². The Bertz CT molecular complexity index is 158. The Balaban J connectivity index is 0.00000169. The zero-order valence-corrected chi connectivity index (χ0v) is 9.57. The summed E-state index contributed by atoms with van der Waals surface area (Å²) in [5.74, 6) is -0.0872. The summed E-state index contributed by atoms with van der Waals surface area (Å²) >= 11 is 0. The second-order valence-corrected chi connectivity index (χ2v) is 3.51. The minimum atomic E-state index is -0.0872. The number of hydrogen-bond donors (Lipinski definition) is 1. The maximum absolute atomic E-state index is 10.8. The van der Waals surface area contributed by atoms with Gasteiger partial charge in [-0.15, -0.1) is 12.4 Å². The van der Waals surface area contributed by atoms with E-state index in [0.29, 0.717) is 19.1 Å². The Hall–Kier alpha value is -0.280. The highest BCUT2D eigenvalue weighted by Crippen LogP contribution is 2.09. The molecule has 1 aliphatic rings. The fourth-order valence-corrected chi connectivity index (χ4v) is 1.59. The molecule has 1 aliphatic heterocycles. The molecule has 1 unspecified atom stereocenters. The molecule has 0 saturated carbocycles. The molecule has 1 saturated heterocycles. The third-order valence-corrected chi connectivity index (χ3v) is 2.43. The van der Waals surface area contributed by atoms with Crippen molar-refractivity contribution in [3.63, 3.8) is 0 Å². The Morgan fingerprint density at radius 2 is 2.29 bits per heavy atom. The largest absolute Gasteiger partial charge is 0.466 e. The first-order chi connectivity index (χ1) is 6.33. The smallest absolute Gasteiger partial charge is 0.305 e. The minimum Gasteiger partial charge on any atom is -0.466 e. The number of hydrogen-bond acceptors (Lipinski definition) is 3. The maximum atomic E-state index is 10.8. The van der Waals surface area contributed by atoms with Crippen LogP contribution >= 0.6 is 12.4 Å². The number of ether oxygens (including phenoxy) is 1. The van der Waals surface area contributed by atoms with Gasteiger partial charge in [0.1, 0.15) is 0 Å². The molecular formula is C10H20ClNO2. The molecule has 0 aromatic rings. The van der Waals surface area contributed by atoms with Crippen LogP contribution in [0, 0.1) is 0 Å². The van der Waals surface area contributed by atoms with E-state index in [0.717, 1.165) is 13.0 Å². The van der Waals surface area contributed by atoms with Gasteiger partial charge in [0.15, 0.2) is 0 Å². The Kier molecular flexibility index (Phi) is 7.90. The predicted molar refractivity (Wildman–Crippen MR) is 58.8 cm³/mol. The van der Waals surface area contributed by atoms with Crippen LogP contribution < -0.4 is 5.32 Å². The normalized spacial score (nSPS) is 21.1. The van der Waals surface area contributed by atoms with Crippen molar-refractivity contribution in [3.8, 4) is 0 Å². The SMILES string of the molecule is CCC(=O)OCCC1CCCCN1.Cl. The van der Waals surface area contributed by atoms with Crippen molar-refractivity contribution < 1.29 is 9.53 Å². The third kappa shape index (κ3) is 5.45. The van der Waals surface area contributed by atoms with E-state index in [9.17, 15) is 4.79 Å².